The standard InChI is InChI=1S/C17H20N2O/c1-2-3-11-19-12-9-16(10-13-19)17(20)18-14-15-7-5-4-6-8-15/h4-10,12-13H,2-3,11,14H2,1H3/p+1. The van der Waals surface area contributed by atoms with E-state index in [1.807, 2.05) is 54.9 Å². The monoisotopic (exact) mass is 269 g/mol. The lowest BCUT2D eigenvalue weighted by molar-refractivity contribution is -0.697. The maximum atomic E-state index is 12.0. The third kappa shape index (κ3) is 4.19. The highest BCUT2D eigenvalue weighted by Crippen LogP contribution is 2.00. The van der Waals surface area contributed by atoms with Gasteiger partial charge in [0.15, 0.2) is 12.4 Å². The predicted octanol–water partition coefficient (Wildman–Crippen LogP) is 2.70. The minimum Gasteiger partial charge on any atom is -0.348 e. The van der Waals surface area contributed by atoms with Gasteiger partial charge in [-0.3, -0.25) is 4.79 Å². The molecule has 0 fully saturated rings. The summed E-state index contributed by atoms with van der Waals surface area (Å²) in [6, 6.07) is 13.7. The number of nitrogens with zero attached hydrogens (tertiary/aromatic N) is 1. The van der Waals surface area contributed by atoms with Crippen LogP contribution in [0.25, 0.3) is 0 Å². The summed E-state index contributed by atoms with van der Waals surface area (Å²) in [5, 5.41) is 2.93. The normalized spacial score (nSPS) is 10.2. The van der Waals surface area contributed by atoms with E-state index in [9.17, 15) is 4.79 Å². The molecule has 0 aliphatic rings. The maximum absolute atomic E-state index is 12.0. The van der Waals surface area contributed by atoms with Gasteiger partial charge in [-0.25, -0.2) is 4.57 Å². The van der Waals surface area contributed by atoms with Crippen molar-refractivity contribution in [2.45, 2.75) is 32.9 Å². The van der Waals surface area contributed by atoms with E-state index in [1.54, 1.807) is 0 Å². The van der Waals surface area contributed by atoms with Gasteiger partial charge in [-0.2, -0.15) is 0 Å². The molecular weight excluding hydrogens is 248 g/mol. The Morgan fingerprint density at radius 2 is 1.80 bits per heavy atom. The predicted molar refractivity (Wildman–Crippen MR) is 79.2 cm³/mol. The first-order valence-electron chi connectivity index (χ1n) is 7.11. The number of aromatic nitrogens is 1. The SMILES string of the molecule is CCCC[n+]1ccc(C(=O)NCc2ccccc2)cc1. The highest BCUT2D eigenvalue weighted by molar-refractivity contribution is 5.93. The van der Waals surface area contributed by atoms with E-state index >= 15 is 0 Å². The molecule has 0 aliphatic carbocycles. The average Bonchev–Trinajstić information content (AvgIpc) is 2.52. The number of unbranched alkanes of at least 4 members (excludes halogenated alkanes) is 1. The van der Waals surface area contributed by atoms with Crippen LogP contribution >= 0.6 is 0 Å². The Kier molecular flexibility index (Phi) is 5.30. The molecule has 2 rings (SSSR count). The van der Waals surface area contributed by atoms with E-state index in [-0.39, 0.29) is 5.91 Å². The van der Waals surface area contributed by atoms with Gasteiger partial charge in [0.2, 0.25) is 0 Å². The van der Waals surface area contributed by atoms with Crippen LogP contribution in [0, 0.1) is 0 Å². The summed E-state index contributed by atoms with van der Waals surface area (Å²) in [6.07, 6.45) is 6.26. The minimum atomic E-state index is -0.0310. The lowest BCUT2D eigenvalue weighted by Crippen LogP contribution is -2.33. The summed E-state index contributed by atoms with van der Waals surface area (Å²) in [4.78, 5) is 12.0. The van der Waals surface area contributed by atoms with E-state index in [2.05, 4.69) is 16.8 Å². The molecule has 1 aromatic carbocycles. The molecule has 0 spiro atoms. The van der Waals surface area contributed by atoms with Crippen molar-refractivity contribution in [3.8, 4) is 0 Å². The Labute approximate surface area is 120 Å². The van der Waals surface area contributed by atoms with E-state index in [0.717, 1.165) is 18.5 Å². The van der Waals surface area contributed by atoms with Crippen LogP contribution in [0.15, 0.2) is 54.9 Å². The van der Waals surface area contributed by atoms with E-state index < -0.39 is 0 Å². The van der Waals surface area contributed by atoms with Gasteiger partial charge in [0.1, 0.15) is 6.54 Å². The molecule has 0 saturated heterocycles. The second-order valence-corrected chi connectivity index (χ2v) is 4.85. The molecule has 0 unspecified atom stereocenters. The third-order valence-electron chi connectivity index (χ3n) is 3.22. The Hall–Kier alpha value is -2.16. The lowest BCUT2D eigenvalue weighted by Gasteiger charge is -2.05. The third-order valence-corrected chi connectivity index (χ3v) is 3.22. The molecular formula is C17H21N2O+. The van der Waals surface area contributed by atoms with Crippen molar-refractivity contribution < 1.29 is 9.36 Å². The zero-order valence-electron chi connectivity index (χ0n) is 11.9. The second kappa shape index (κ2) is 7.43. The Morgan fingerprint density at radius 3 is 2.45 bits per heavy atom. The highest BCUT2D eigenvalue weighted by atomic mass is 16.1. The topological polar surface area (TPSA) is 33.0 Å². The smallest absolute Gasteiger partial charge is 0.252 e. The number of benzene rings is 1. The summed E-state index contributed by atoms with van der Waals surface area (Å²) < 4.78 is 2.11. The van der Waals surface area contributed by atoms with Crippen LogP contribution < -0.4 is 9.88 Å². The quantitative estimate of drug-likeness (QED) is 0.804. The fourth-order valence-corrected chi connectivity index (χ4v) is 1.98. The van der Waals surface area contributed by atoms with Crippen LogP contribution in [0.3, 0.4) is 0 Å². The van der Waals surface area contributed by atoms with Gasteiger partial charge in [-0.1, -0.05) is 43.7 Å². The van der Waals surface area contributed by atoms with E-state index in [1.165, 1.54) is 6.42 Å². The average molecular weight is 269 g/mol. The Bertz CT molecular complexity index is 535. The molecule has 3 heteroatoms. The first-order valence-corrected chi connectivity index (χ1v) is 7.11. The van der Waals surface area contributed by atoms with Gasteiger partial charge in [0.05, 0.1) is 5.56 Å². The summed E-state index contributed by atoms with van der Waals surface area (Å²) in [5.74, 6) is -0.0310. The number of rotatable bonds is 6. The van der Waals surface area contributed by atoms with Crippen LogP contribution in [0.1, 0.15) is 35.7 Å². The number of nitrogens with one attached hydrogen (secondary N) is 1. The second-order valence-electron chi connectivity index (χ2n) is 4.85. The number of carbonyl (C=O) groups is 1. The van der Waals surface area contributed by atoms with Crippen molar-refractivity contribution in [3.05, 3.63) is 66.0 Å². The molecule has 0 bridgehead atoms. The molecule has 3 nitrogen and oxygen atoms in total. The molecule has 2 aromatic rings. The Morgan fingerprint density at radius 1 is 1.10 bits per heavy atom. The number of hydrogen-bond acceptors (Lipinski definition) is 1. The largest absolute Gasteiger partial charge is 0.348 e. The zero-order chi connectivity index (χ0) is 14.2. The van der Waals surface area contributed by atoms with Crippen molar-refractivity contribution >= 4 is 5.91 Å². The zero-order valence-corrected chi connectivity index (χ0v) is 11.9. The molecule has 104 valence electrons. The Balaban J connectivity index is 1.89. The van der Waals surface area contributed by atoms with Crippen molar-refractivity contribution in [1.82, 2.24) is 5.32 Å². The lowest BCUT2D eigenvalue weighted by atomic mass is 10.2. The van der Waals surface area contributed by atoms with Crippen LogP contribution in [0.5, 0.6) is 0 Å². The molecule has 0 radical (unpaired) electrons. The maximum Gasteiger partial charge on any atom is 0.252 e. The highest BCUT2D eigenvalue weighted by Gasteiger charge is 2.07. The van der Waals surface area contributed by atoms with Gasteiger partial charge in [-0.15, -0.1) is 0 Å². The number of hydrogen-bond donors (Lipinski definition) is 1. The van der Waals surface area contributed by atoms with Gasteiger partial charge >= 0.3 is 0 Å². The fraction of sp³-hybridized carbons (Fsp3) is 0.294. The van der Waals surface area contributed by atoms with Crippen molar-refractivity contribution in [3.63, 3.8) is 0 Å². The summed E-state index contributed by atoms with van der Waals surface area (Å²) in [7, 11) is 0. The van der Waals surface area contributed by atoms with Crippen LogP contribution in [-0.2, 0) is 13.1 Å². The first kappa shape index (κ1) is 14.3. The molecule has 1 heterocycles. The van der Waals surface area contributed by atoms with Gasteiger partial charge in [-0.05, 0) is 5.56 Å². The summed E-state index contributed by atoms with van der Waals surface area (Å²) in [6.45, 7) is 3.73. The number of amides is 1. The molecule has 1 N–H and O–H groups in total. The van der Waals surface area contributed by atoms with Crippen molar-refractivity contribution in [1.29, 1.82) is 0 Å². The summed E-state index contributed by atoms with van der Waals surface area (Å²) in [5.41, 5.74) is 1.81. The first-order chi connectivity index (χ1) is 9.79. The van der Waals surface area contributed by atoms with Gasteiger partial charge in [0, 0.05) is 25.1 Å². The molecule has 0 saturated carbocycles. The van der Waals surface area contributed by atoms with Crippen molar-refractivity contribution in [2.75, 3.05) is 0 Å². The molecule has 0 aliphatic heterocycles. The van der Waals surface area contributed by atoms with Crippen LogP contribution in [-0.4, -0.2) is 5.91 Å². The van der Waals surface area contributed by atoms with Gasteiger partial charge in [0.25, 0.3) is 5.91 Å². The van der Waals surface area contributed by atoms with Crippen molar-refractivity contribution in [2.24, 2.45) is 0 Å². The summed E-state index contributed by atoms with van der Waals surface area (Å²) >= 11 is 0. The minimum absolute atomic E-state index is 0.0310. The van der Waals surface area contributed by atoms with Gasteiger partial charge < -0.3 is 5.32 Å². The fourth-order valence-electron chi connectivity index (χ4n) is 1.98. The number of pyridine rings is 1. The number of aryl methyl sites for hydroxylation is 1. The van der Waals surface area contributed by atoms with Crippen LogP contribution in [0.4, 0.5) is 0 Å². The molecule has 1 aromatic heterocycles. The van der Waals surface area contributed by atoms with E-state index in [4.69, 9.17) is 0 Å². The number of carbonyl (C=O) groups excluding carboxylic acids is 1. The van der Waals surface area contributed by atoms with E-state index in [0.29, 0.717) is 12.1 Å². The van der Waals surface area contributed by atoms with Crippen LogP contribution in [0.2, 0.25) is 0 Å². The molecule has 20 heavy (non-hydrogen) atoms. The molecule has 1 amide bonds. The molecule has 0 atom stereocenters.